The van der Waals surface area contributed by atoms with Crippen molar-refractivity contribution in [2.75, 3.05) is 20.0 Å². The summed E-state index contributed by atoms with van der Waals surface area (Å²) in [5.41, 5.74) is 9.71. The minimum absolute atomic E-state index is 0.167. The molecule has 2 unspecified atom stereocenters. The Labute approximate surface area is 190 Å². The van der Waals surface area contributed by atoms with Gasteiger partial charge in [0.25, 0.3) is 0 Å². The lowest BCUT2D eigenvalue weighted by atomic mass is 9.97. The SMILES string of the molecule is COc1ccc(CO[C@@H]2C(CO)O[C@@H](SC)C(N=[N+]=[N-])[C@@H]2OC(=O)c2ccccc2)cc1. The molecule has 10 heteroatoms. The average molecular weight is 460 g/mol. The van der Waals surface area contributed by atoms with Gasteiger partial charge >= 0.3 is 5.97 Å². The molecule has 0 aromatic heterocycles. The van der Waals surface area contributed by atoms with Gasteiger partial charge in [-0.05, 0) is 41.6 Å². The standard InChI is InChI=1S/C22H25N3O6S/c1-28-16-10-8-14(9-11-16)13-29-19-17(12-26)30-22(32-2)18(24-25-23)20(19)31-21(27)15-6-4-3-5-7-15/h3-11,17-20,22,26H,12-13H2,1-2H3/t17?,18?,19-,20+,22+/m1/s1. The third-order valence-corrected chi connectivity index (χ3v) is 5.92. The Balaban J connectivity index is 1.87. The predicted molar refractivity (Wildman–Crippen MR) is 119 cm³/mol. The summed E-state index contributed by atoms with van der Waals surface area (Å²) in [7, 11) is 1.58. The first-order valence-electron chi connectivity index (χ1n) is 9.95. The van der Waals surface area contributed by atoms with Gasteiger partial charge in [0.15, 0.2) is 0 Å². The summed E-state index contributed by atoms with van der Waals surface area (Å²) in [6.07, 6.45) is -0.800. The number of aliphatic hydroxyl groups is 1. The van der Waals surface area contributed by atoms with Gasteiger partial charge in [0, 0.05) is 4.91 Å². The Kier molecular flexibility index (Phi) is 8.78. The fourth-order valence-corrected chi connectivity index (χ4v) is 4.17. The summed E-state index contributed by atoms with van der Waals surface area (Å²) in [6, 6.07) is 15.0. The molecule has 1 saturated heterocycles. The maximum absolute atomic E-state index is 12.8. The number of benzene rings is 2. The van der Waals surface area contributed by atoms with E-state index < -0.39 is 35.8 Å². The van der Waals surface area contributed by atoms with E-state index in [-0.39, 0.29) is 13.2 Å². The smallest absolute Gasteiger partial charge is 0.338 e. The van der Waals surface area contributed by atoms with Crippen molar-refractivity contribution in [2.45, 2.75) is 36.4 Å². The number of esters is 1. The summed E-state index contributed by atoms with van der Waals surface area (Å²) in [5.74, 6) is 0.133. The molecule has 2 aromatic rings. The Morgan fingerprint density at radius 3 is 2.50 bits per heavy atom. The normalized spacial score (nSPS) is 24.9. The van der Waals surface area contributed by atoms with Crippen LogP contribution in [0.2, 0.25) is 0 Å². The number of hydrogen-bond donors (Lipinski definition) is 1. The number of carbonyl (C=O) groups excluding carboxylic acids is 1. The van der Waals surface area contributed by atoms with Gasteiger partial charge in [-0.25, -0.2) is 4.79 Å². The fraction of sp³-hybridized carbons (Fsp3) is 0.409. The molecule has 0 bridgehead atoms. The largest absolute Gasteiger partial charge is 0.497 e. The van der Waals surface area contributed by atoms with E-state index in [1.54, 1.807) is 55.8 Å². The van der Waals surface area contributed by atoms with Gasteiger partial charge in [0.2, 0.25) is 0 Å². The van der Waals surface area contributed by atoms with E-state index >= 15 is 0 Å². The number of aliphatic hydroxyl groups excluding tert-OH is 1. The quantitative estimate of drug-likeness (QED) is 0.263. The van der Waals surface area contributed by atoms with E-state index in [0.29, 0.717) is 11.3 Å². The van der Waals surface area contributed by atoms with Gasteiger partial charge in [-0.15, -0.1) is 11.8 Å². The van der Waals surface area contributed by atoms with Crippen LogP contribution in [-0.4, -0.2) is 60.8 Å². The second kappa shape index (κ2) is 11.8. The van der Waals surface area contributed by atoms with E-state index in [9.17, 15) is 9.90 Å². The predicted octanol–water partition coefficient (Wildman–Crippen LogP) is 3.57. The van der Waals surface area contributed by atoms with Crippen LogP contribution >= 0.6 is 11.8 Å². The summed E-state index contributed by atoms with van der Waals surface area (Å²) < 4.78 is 22.9. The molecular weight excluding hydrogens is 434 g/mol. The highest BCUT2D eigenvalue weighted by Crippen LogP contribution is 2.33. The van der Waals surface area contributed by atoms with Gasteiger partial charge in [-0.1, -0.05) is 35.4 Å². The highest BCUT2D eigenvalue weighted by Gasteiger charge is 2.48. The third-order valence-electron chi connectivity index (χ3n) is 5.07. The highest BCUT2D eigenvalue weighted by molar-refractivity contribution is 7.99. The van der Waals surface area contributed by atoms with E-state index in [4.69, 9.17) is 24.5 Å². The first-order chi connectivity index (χ1) is 15.6. The van der Waals surface area contributed by atoms with Crippen LogP contribution in [0.1, 0.15) is 15.9 Å². The average Bonchev–Trinajstić information content (AvgIpc) is 2.84. The molecule has 1 fully saturated rings. The second-order valence-corrected chi connectivity index (χ2v) is 7.95. The minimum Gasteiger partial charge on any atom is -0.497 e. The Hall–Kier alpha value is -2.75. The first-order valence-corrected chi connectivity index (χ1v) is 11.2. The van der Waals surface area contributed by atoms with Crippen LogP contribution in [0.4, 0.5) is 0 Å². The molecule has 5 atom stereocenters. The molecule has 0 amide bonds. The van der Waals surface area contributed by atoms with Crippen LogP contribution in [0.5, 0.6) is 5.75 Å². The monoisotopic (exact) mass is 459 g/mol. The lowest BCUT2D eigenvalue weighted by Crippen LogP contribution is -2.59. The number of nitrogens with zero attached hydrogens (tertiary/aromatic N) is 3. The molecule has 9 nitrogen and oxygen atoms in total. The number of carbonyl (C=O) groups is 1. The molecule has 2 aromatic carbocycles. The molecule has 32 heavy (non-hydrogen) atoms. The van der Waals surface area contributed by atoms with Crippen molar-refractivity contribution < 1.29 is 28.8 Å². The Morgan fingerprint density at radius 1 is 1.19 bits per heavy atom. The van der Waals surface area contributed by atoms with E-state index in [1.807, 2.05) is 12.1 Å². The zero-order chi connectivity index (χ0) is 22.9. The zero-order valence-electron chi connectivity index (χ0n) is 17.7. The van der Waals surface area contributed by atoms with Gasteiger partial charge in [0.1, 0.15) is 35.5 Å². The number of thioether (sulfide) groups is 1. The van der Waals surface area contributed by atoms with Crippen molar-refractivity contribution in [1.29, 1.82) is 0 Å². The molecule has 1 aliphatic heterocycles. The van der Waals surface area contributed by atoms with Gasteiger partial charge < -0.3 is 24.1 Å². The Bertz CT molecular complexity index is 923. The van der Waals surface area contributed by atoms with E-state index in [1.165, 1.54) is 11.8 Å². The minimum atomic E-state index is -0.958. The molecular formula is C22H25N3O6S. The van der Waals surface area contributed by atoms with Crippen LogP contribution < -0.4 is 4.74 Å². The van der Waals surface area contributed by atoms with Gasteiger partial charge in [-0.3, -0.25) is 0 Å². The van der Waals surface area contributed by atoms with Crippen molar-refractivity contribution in [3.05, 3.63) is 76.2 Å². The summed E-state index contributed by atoms with van der Waals surface area (Å²) in [6.45, 7) is -0.187. The molecule has 0 spiro atoms. The molecule has 3 rings (SSSR count). The summed E-state index contributed by atoms with van der Waals surface area (Å²) in [4.78, 5) is 15.7. The van der Waals surface area contributed by atoms with Gasteiger partial charge in [0.05, 0.1) is 25.9 Å². The molecule has 0 saturated carbocycles. The van der Waals surface area contributed by atoms with Crippen LogP contribution in [-0.2, 0) is 20.8 Å². The second-order valence-electron chi connectivity index (χ2n) is 7.02. The van der Waals surface area contributed by atoms with Crippen molar-refractivity contribution in [2.24, 2.45) is 5.11 Å². The van der Waals surface area contributed by atoms with E-state index in [2.05, 4.69) is 10.0 Å². The number of ether oxygens (including phenoxy) is 4. The maximum atomic E-state index is 12.8. The number of azide groups is 1. The first kappa shape index (κ1) is 23.9. The van der Waals surface area contributed by atoms with Crippen LogP contribution in [0.3, 0.4) is 0 Å². The van der Waals surface area contributed by atoms with Crippen molar-refractivity contribution >= 4 is 17.7 Å². The van der Waals surface area contributed by atoms with Crippen molar-refractivity contribution in [1.82, 2.24) is 0 Å². The molecule has 0 radical (unpaired) electrons. The molecule has 0 aliphatic carbocycles. The van der Waals surface area contributed by atoms with Gasteiger partial charge in [-0.2, -0.15) is 0 Å². The van der Waals surface area contributed by atoms with Crippen LogP contribution in [0, 0.1) is 0 Å². The number of hydrogen-bond acceptors (Lipinski definition) is 8. The van der Waals surface area contributed by atoms with Crippen molar-refractivity contribution in [3.8, 4) is 5.75 Å². The number of rotatable bonds is 9. The number of methoxy groups -OCH3 is 1. The molecule has 1 heterocycles. The fourth-order valence-electron chi connectivity index (χ4n) is 3.43. The van der Waals surface area contributed by atoms with Crippen LogP contribution in [0.15, 0.2) is 59.7 Å². The molecule has 1 aliphatic rings. The lowest BCUT2D eigenvalue weighted by molar-refractivity contribution is -0.190. The topological polar surface area (TPSA) is 123 Å². The molecule has 170 valence electrons. The Morgan fingerprint density at radius 2 is 1.91 bits per heavy atom. The summed E-state index contributed by atoms with van der Waals surface area (Å²) in [5, 5.41) is 13.8. The molecule has 1 N–H and O–H groups in total. The van der Waals surface area contributed by atoms with Crippen LogP contribution in [0.25, 0.3) is 10.4 Å². The highest BCUT2D eigenvalue weighted by atomic mass is 32.2. The lowest BCUT2D eigenvalue weighted by Gasteiger charge is -2.43. The van der Waals surface area contributed by atoms with E-state index in [0.717, 1.165) is 5.56 Å². The zero-order valence-corrected chi connectivity index (χ0v) is 18.6. The summed E-state index contributed by atoms with van der Waals surface area (Å²) >= 11 is 1.30. The maximum Gasteiger partial charge on any atom is 0.338 e. The van der Waals surface area contributed by atoms with Crippen molar-refractivity contribution in [3.63, 3.8) is 0 Å². The third kappa shape index (κ3) is 5.73.